The number of aromatic nitrogens is 2. The maximum Gasteiger partial charge on any atom is 0.200 e. The second-order valence-corrected chi connectivity index (χ2v) is 19.5. The zero-order chi connectivity index (χ0) is 50.8. The fraction of sp³-hybridized carbons (Fsp3) is 0.320. The molecule has 4 heterocycles. The minimum atomic E-state index is -2.23. The summed E-state index contributed by atoms with van der Waals surface area (Å²) in [6.45, 7) is 22.5. The largest absolute Gasteiger partial charge is 0.354 e. The highest BCUT2D eigenvalue weighted by atomic mass is 19.2. The number of aromatic amines is 2. The van der Waals surface area contributed by atoms with E-state index >= 15 is 0 Å². The van der Waals surface area contributed by atoms with Gasteiger partial charge < -0.3 is 9.97 Å². The van der Waals surface area contributed by atoms with Gasteiger partial charge in [0, 0.05) is 47.4 Å². The van der Waals surface area contributed by atoms with Crippen molar-refractivity contribution in [3.05, 3.63) is 152 Å². The van der Waals surface area contributed by atoms with E-state index in [4.69, 9.17) is 0 Å². The molecule has 360 valence electrons. The first-order valence-corrected chi connectivity index (χ1v) is 21.0. The Kier molecular flexibility index (Phi) is 15.3. The number of hydrogen-bond acceptors (Lipinski definition) is 6. The number of aliphatic imine (C=N–C) groups is 6. The third-order valence-corrected chi connectivity index (χ3v) is 9.06. The van der Waals surface area contributed by atoms with Crippen molar-refractivity contribution in [1.82, 2.24) is 9.97 Å². The first-order valence-electron chi connectivity index (χ1n) is 21.0. The first-order chi connectivity index (χ1) is 31.4. The number of halogens is 10. The minimum Gasteiger partial charge on any atom is -0.354 e. The molecule has 4 aromatic rings. The molecule has 0 saturated carbocycles. The summed E-state index contributed by atoms with van der Waals surface area (Å²) in [4.78, 5) is 31.8. The molecule has 0 aliphatic carbocycles. The Bertz CT molecular complexity index is 2670. The summed E-state index contributed by atoms with van der Waals surface area (Å²) in [6, 6.07) is 6.10. The van der Waals surface area contributed by atoms with Crippen LogP contribution in [0.15, 0.2) is 89.9 Å². The van der Waals surface area contributed by atoms with Crippen molar-refractivity contribution < 1.29 is 43.9 Å². The highest BCUT2D eigenvalue weighted by molar-refractivity contribution is 6.38. The van der Waals surface area contributed by atoms with Crippen molar-refractivity contribution in [2.24, 2.45) is 30.0 Å². The van der Waals surface area contributed by atoms with Crippen LogP contribution in [-0.2, 0) is 0 Å². The Morgan fingerprint density at radius 3 is 0.926 bits per heavy atom. The van der Waals surface area contributed by atoms with E-state index < -0.39 is 80.4 Å². The summed E-state index contributed by atoms with van der Waals surface area (Å²) in [7, 11) is 0. The lowest BCUT2D eigenvalue weighted by Crippen LogP contribution is -2.11. The molecule has 0 atom stereocenters. The number of hydrogen-bond donors (Lipinski definition) is 2. The van der Waals surface area contributed by atoms with Crippen LogP contribution in [0.25, 0.3) is 11.1 Å². The molecular weight excluding hydrogens is 903 g/mol. The van der Waals surface area contributed by atoms with Crippen LogP contribution in [0.2, 0.25) is 0 Å². The van der Waals surface area contributed by atoms with E-state index in [1.165, 1.54) is 49.1 Å². The van der Waals surface area contributed by atoms with E-state index in [9.17, 15) is 43.9 Å². The van der Waals surface area contributed by atoms with E-state index in [-0.39, 0.29) is 45.0 Å². The number of rotatable bonds is 8. The molecule has 0 bridgehead atoms. The zero-order valence-corrected chi connectivity index (χ0v) is 39.4. The topological polar surface area (TPSA) is 106 Å². The molecule has 2 aromatic carbocycles. The average molecular weight is 953 g/mol. The fourth-order valence-electron chi connectivity index (χ4n) is 5.94. The molecule has 0 amide bonds. The third kappa shape index (κ3) is 12.8. The molecule has 18 heteroatoms. The molecule has 2 aliphatic heterocycles. The quantitative estimate of drug-likeness (QED) is 0.0760. The molecular formula is C50H50F10N8. The number of H-pyrrole nitrogens is 2. The lowest BCUT2D eigenvalue weighted by Gasteiger charge is -2.13. The van der Waals surface area contributed by atoms with Gasteiger partial charge in [0.05, 0.1) is 67.5 Å². The highest BCUT2D eigenvalue weighted by Crippen LogP contribution is 2.38. The van der Waals surface area contributed by atoms with E-state index in [0.29, 0.717) is 22.8 Å². The lowest BCUT2D eigenvalue weighted by molar-refractivity contribution is 0.376. The molecule has 2 aliphatic rings. The Hall–Kier alpha value is -6.72. The standard InChI is InChI=1S/2C25H25F5N4/c2*1-24(2,3)31-11-13-7-9-15(33-13)17(16-10-8-14(34-16)12-32-25(4,5)6)18-19(26)21(28)23(30)22(29)20(18)27/h2*7-12,33H,1-6H3/b2*17-16+,31-11?,32-12?. The van der Waals surface area contributed by atoms with Crippen LogP contribution in [0.1, 0.15) is 117 Å². The zero-order valence-electron chi connectivity index (χ0n) is 39.4. The summed E-state index contributed by atoms with van der Waals surface area (Å²) in [5, 5.41) is 0. The van der Waals surface area contributed by atoms with E-state index in [1.54, 1.807) is 24.3 Å². The second kappa shape index (κ2) is 19.9. The number of nitrogens with zero attached hydrogens (tertiary/aromatic N) is 6. The van der Waals surface area contributed by atoms with Gasteiger partial charge in [-0.3, -0.25) is 20.0 Å². The summed E-state index contributed by atoms with van der Waals surface area (Å²) in [5.74, 6) is -20.4. The van der Waals surface area contributed by atoms with Crippen LogP contribution in [0, 0.1) is 58.2 Å². The van der Waals surface area contributed by atoms with Crippen LogP contribution in [0.3, 0.4) is 0 Å². The number of nitrogens with one attached hydrogen (secondary N) is 2. The summed E-state index contributed by atoms with van der Waals surface area (Å²) < 4.78 is 143. The Morgan fingerprint density at radius 2 is 0.647 bits per heavy atom. The van der Waals surface area contributed by atoms with Gasteiger partial charge in [0.15, 0.2) is 46.5 Å². The molecule has 8 nitrogen and oxygen atoms in total. The van der Waals surface area contributed by atoms with E-state index in [1.807, 2.05) is 83.1 Å². The van der Waals surface area contributed by atoms with Crippen molar-refractivity contribution in [1.29, 1.82) is 0 Å². The van der Waals surface area contributed by atoms with Crippen molar-refractivity contribution in [3.8, 4) is 0 Å². The second-order valence-electron chi connectivity index (χ2n) is 19.5. The molecule has 68 heavy (non-hydrogen) atoms. The van der Waals surface area contributed by atoms with E-state index in [2.05, 4.69) is 39.9 Å². The van der Waals surface area contributed by atoms with Gasteiger partial charge in [0.1, 0.15) is 0 Å². The smallest absolute Gasteiger partial charge is 0.200 e. The maximum absolute atomic E-state index is 14.8. The van der Waals surface area contributed by atoms with Crippen molar-refractivity contribution in [2.45, 2.75) is 105 Å². The minimum absolute atomic E-state index is 0.0136. The monoisotopic (exact) mass is 952 g/mol. The Balaban J connectivity index is 0.000000254. The molecule has 0 radical (unpaired) electrons. The molecule has 0 spiro atoms. The number of allylic oxidation sites excluding steroid dienone is 4. The third-order valence-electron chi connectivity index (χ3n) is 9.06. The van der Waals surface area contributed by atoms with Crippen LogP contribution < -0.4 is 0 Å². The Morgan fingerprint density at radius 1 is 0.382 bits per heavy atom. The van der Waals surface area contributed by atoms with Gasteiger partial charge in [-0.1, -0.05) is 0 Å². The van der Waals surface area contributed by atoms with Crippen LogP contribution >= 0.6 is 0 Å². The summed E-state index contributed by atoms with van der Waals surface area (Å²) in [6.07, 6.45) is 12.0. The summed E-state index contributed by atoms with van der Waals surface area (Å²) >= 11 is 0. The normalized spacial score (nSPS) is 16.3. The van der Waals surface area contributed by atoms with Gasteiger partial charge in [-0.05, 0) is 132 Å². The molecule has 2 aromatic heterocycles. The van der Waals surface area contributed by atoms with Crippen molar-refractivity contribution in [2.75, 3.05) is 0 Å². The summed E-state index contributed by atoms with van der Waals surface area (Å²) in [5.41, 5.74) is -2.32. The fourth-order valence-corrected chi connectivity index (χ4v) is 5.94. The predicted octanol–water partition coefficient (Wildman–Crippen LogP) is 13.1. The molecule has 0 unspecified atom stereocenters. The Labute approximate surface area is 387 Å². The molecule has 6 rings (SSSR count). The van der Waals surface area contributed by atoms with Crippen molar-refractivity contribution >= 4 is 47.4 Å². The van der Waals surface area contributed by atoms with E-state index in [0.717, 1.165) is 0 Å². The highest BCUT2D eigenvalue weighted by Gasteiger charge is 2.32. The van der Waals surface area contributed by atoms with Gasteiger partial charge in [-0.25, -0.2) is 53.9 Å². The molecule has 2 N–H and O–H groups in total. The maximum atomic E-state index is 14.8. The van der Waals surface area contributed by atoms with Gasteiger partial charge in [-0.15, -0.1) is 0 Å². The van der Waals surface area contributed by atoms with Gasteiger partial charge in [0.2, 0.25) is 11.6 Å². The SMILES string of the molecule is CC(C)(C)N=CC1=N/C(=C(\c2ccc(C=NC(C)(C)C)[nH]2)c2c(F)c(F)c(F)c(F)c2F)C=C1.CC(C)(C)N=CC1=N/C(=C(\c2ccc(C=NC(C)(C)C)[nH]2)c2c(F)c(F)c(F)c(F)c2F)C=C1. The predicted molar refractivity (Wildman–Crippen MR) is 250 cm³/mol. The average Bonchev–Trinajstić information content (AvgIpc) is 4.09. The van der Waals surface area contributed by atoms with Gasteiger partial charge in [0.25, 0.3) is 0 Å². The van der Waals surface area contributed by atoms with Gasteiger partial charge in [-0.2, -0.15) is 0 Å². The van der Waals surface area contributed by atoms with Crippen LogP contribution in [0.5, 0.6) is 0 Å². The van der Waals surface area contributed by atoms with Gasteiger partial charge >= 0.3 is 0 Å². The molecule has 0 saturated heterocycles. The van der Waals surface area contributed by atoms with Crippen LogP contribution in [0.4, 0.5) is 43.9 Å². The lowest BCUT2D eigenvalue weighted by atomic mass is 9.98. The first kappa shape index (κ1) is 52.3. The van der Waals surface area contributed by atoms with Crippen molar-refractivity contribution in [3.63, 3.8) is 0 Å². The number of benzene rings is 2. The van der Waals surface area contributed by atoms with Crippen LogP contribution in [-0.4, -0.2) is 68.4 Å². The molecule has 0 fully saturated rings.